The summed E-state index contributed by atoms with van der Waals surface area (Å²) in [7, 11) is -1.43. The van der Waals surface area contributed by atoms with Crippen LogP contribution in [0.25, 0.3) is 0 Å². The minimum Gasteiger partial charge on any atom is -0.383 e. The van der Waals surface area contributed by atoms with E-state index >= 15 is 0 Å². The highest BCUT2D eigenvalue weighted by Gasteiger charge is 2.12. The van der Waals surface area contributed by atoms with Crippen molar-refractivity contribution in [2.75, 3.05) is 24.8 Å². The Bertz CT molecular complexity index is 462. The monoisotopic (exact) mass is 285 g/mol. The van der Waals surface area contributed by atoms with E-state index in [0.717, 1.165) is 18.5 Å². The molecule has 0 spiro atoms. The standard InChI is InChI=1S/C14H23NO3S/c1-4-6-13(11-18-3)15-12-7-9-14(10-8-12)19(16,17)5-2/h7-10,13,15H,4-6,11H2,1-3H3. The summed E-state index contributed by atoms with van der Waals surface area (Å²) in [5.74, 6) is 0.127. The lowest BCUT2D eigenvalue weighted by molar-refractivity contribution is 0.182. The highest BCUT2D eigenvalue weighted by molar-refractivity contribution is 7.91. The van der Waals surface area contributed by atoms with Gasteiger partial charge >= 0.3 is 0 Å². The van der Waals surface area contributed by atoms with Crippen LogP contribution in [0.4, 0.5) is 5.69 Å². The van der Waals surface area contributed by atoms with Crippen LogP contribution in [0.2, 0.25) is 0 Å². The van der Waals surface area contributed by atoms with Gasteiger partial charge in [0, 0.05) is 18.8 Å². The number of hydrogen-bond donors (Lipinski definition) is 1. The van der Waals surface area contributed by atoms with E-state index in [0.29, 0.717) is 11.5 Å². The molecule has 1 N–H and O–H groups in total. The summed E-state index contributed by atoms with van der Waals surface area (Å²) in [6.45, 7) is 4.42. The van der Waals surface area contributed by atoms with Gasteiger partial charge in [-0.25, -0.2) is 8.42 Å². The zero-order chi connectivity index (χ0) is 14.3. The lowest BCUT2D eigenvalue weighted by Crippen LogP contribution is -2.24. The molecule has 0 heterocycles. The summed E-state index contributed by atoms with van der Waals surface area (Å²) in [6, 6.07) is 7.17. The lowest BCUT2D eigenvalue weighted by Gasteiger charge is -2.18. The Balaban J connectivity index is 2.76. The van der Waals surface area contributed by atoms with E-state index in [4.69, 9.17) is 4.74 Å². The Hall–Kier alpha value is -1.07. The molecule has 0 saturated heterocycles. The SMILES string of the molecule is CCCC(COC)Nc1ccc(S(=O)(=O)CC)cc1. The summed E-state index contributed by atoms with van der Waals surface area (Å²) in [5, 5.41) is 3.36. The van der Waals surface area contributed by atoms with Crippen LogP contribution in [0.1, 0.15) is 26.7 Å². The van der Waals surface area contributed by atoms with Gasteiger partial charge in [-0.3, -0.25) is 0 Å². The Morgan fingerprint density at radius 2 is 1.84 bits per heavy atom. The number of methoxy groups -OCH3 is 1. The molecule has 19 heavy (non-hydrogen) atoms. The molecule has 5 heteroatoms. The van der Waals surface area contributed by atoms with Gasteiger partial charge in [0.2, 0.25) is 0 Å². The van der Waals surface area contributed by atoms with E-state index in [1.54, 1.807) is 38.3 Å². The molecule has 4 nitrogen and oxygen atoms in total. The van der Waals surface area contributed by atoms with Gasteiger partial charge in [-0.1, -0.05) is 20.3 Å². The van der Waals surface area contributed by atoms with Crippen molar-refractivity contribution in [1.82, 2.24) is 0 Å². The van der Waals surface area contributed by atoms with E-state index in [9.17, 15) is 8.42 Å². The molecule has 108 valence electrons. The Kier molecular flexibility index (Phi) is 6.31. The van der Waals surface area contributed by atoms with Crippen molar-refractivity contribution in [2.24, 2.45) is 0 Å². The van der Waals surface area contributed by atoms with Crippen LogP contribution in [-0.2, 0) is 14.6 Å². The number of rotatable bonds is 8. The largest absolute Gasteiger partial charge is 0.383 e. The first-order valence-corrected chi connectivity index (χ1v) is 8.27. The van der Waals surface area contributed by atoms with E-state index in [1.165, 1.54) is 0 Å². The van der Waals surface area contributed by atoms with Crippen LogP contribution in [0.3, 0.4) is 0 Å². The smallest absolute Gasteiger partial charge is 0.178 e. The zero-order valence-corrected chi connectivity index (χ0v) is 12.7. The van der Waals surface area contributed by atoms with Crippen molar-refractivity contribution in [1.29, 1.82) is 0 Å². The molecule has 1 rings (SSSR count). The maximum Gasteiger partial charge on any atom is 0.178 e. The molecule has 0 amide bonds. The predicted octanol–water partition coefficient (Wildman–Crippen LogP) is 2.71. The molecule has 0 saturated carbocycles. The summed E-state index contributed by atoms with van der Waals surface area (Å²) < 4.78 is 28.6. The minimum atomic E-state index is -3.12. The average Bonchev–Trinajstić information content (AvgIpc) is 2.40. The predicted molar refractivity (Wildman–Crippen MR) is 78.4 cm³/mol. The van der Waals surface area contributed by atoms with Crippen molar-refractivity contribution in [3.05, 3.63) is 24.3 Å². The van der Waals surface area contributed by atoms with Crippen molar-refractivity contribution in [3.8, 4) is 0 Å². The van der Waals surface area contributed by atoms with Gasteiger partial charge in [0.1, 0.15) is 0 Å². The van der Waals surface area contributed by atoms with Gasteiger partial charge in [0.15, 0.2) is 9.84 Å². The van der Waals surface area contributed by atoms with Crippen LogP contribution < -0.4 is 5.32 Å². The second kappa shape index (κ2) is 7.50. The quantitative estimate of drug-likeness (QED) is 0.798. The second-order valence-corrected chi connectivity index (χ2v) is 6.79. The van der Waals surface area contributed by atoms with Crippen LogP contribution in [-0.4, -0.2) is 33.9 Å². The Labute approximate surface area is 116 Å². The Morgan fingerprint density at radius 3 is 2.32 bits per heavy atom. The molecule has 1 atom stereocenters. The van der Waals surface area contributed by atoms with Crippen molar-refractivity contribution >= 4 is 15.5 Å². The van der Waals surface area contributed by atoms with Gasteiger partial charge in [-0.05, 0) is 30.7 Å². The van der Waals surface area contributed by atoms with Crippen molar-refractivity contribution in [3.63, 3.8) is 0 Å². The number of ether oxygens (including phenoxy) is 1. The topological polar surface area (TPSA) is 55.4 Å². The molecule has 0 fully saturated rings. The summed E-state index contributed by atoms with van der Waals surface area (Å²) in [4.78, 5) is 0.374. The first-order chi connectivity index (χ1) is 9.03. The molecular formula is C14H23NO3S. The first kappa shape index (κ1) is 16.0. The molecule has 0 aromatic heterocycles. The third-order valence-corrected chi connectivity index (χ3v) is 4.72. The number of anilines is 1. The molecular weight excluding hydrogens is 262 g/mol. The first-order valence-electron chi connectivity index (χ1n) is 6.61. The van der Waals surface area contributed by atoms with Crippen molar-refractivity contribution < 1.29 is 13.2 Å². The summed E-state index contributed by atoms with van der Waals surface area (Å²) in [6.07, 6.45) is 2.09. The number of nitrogens with one attached hydrogen (secondary N) is 1. The average molecular weight is 285 g/mol. The normalized spacial score (nSPS) is 13.2. The molecule has 1 aromatic carbocycles. The van der Waals surface area contributed by atoms with Crippen LogP contribution in [0, 0.1) is 0 Å². The summed E-state index contributed by atoms with van der Waals surface area (Å²) >= 11 is 0. The van der Waals surface area contributed by atoms with Crippen LogP contribution in [0.15, 0.2) is 29.2 Å². The summed E-state index contributed by atoms with van der Waals surface area (Å²) in [5.41, 5.74) is 0.922. The van der Waals surface area contributed by atoms with Crippen LogP contribution >= 0.6 is 0 Å². The second-order valence-electron chi connectivity index (χ2n) is 4.51. The zero-order valence-electron chi connectivity index (χ0n) is 11.8. The fraction of sp³-hybridized carbons (Fsp3) is 0.571. The van der Waals surface area contributed by atoms with Gasteiger partial charge < -0.3 is 10.1 Å². The maximum absolute atomic E-state index is 11.7. The van der Waals surface area contributed by atoms with E-state index < -0.39 is 9.84 Å². The van der Waals surface area contributed by atoms with Crippen LogP contribution in [0.5, 0.6) is 0 Å². The molecule has 0 aliphatic heterocycles. The number of sulfone groups is 1. The number of hydrogen-bond acceptors (Lipinski definition) is 4. The van der Waals surface area contributed by atoms with Gasteiger partial charge in [-0.2, -0.15) is 0 Å². The number of benzene rings is 1. The lowest BCUT2D eigenvalue weighted by atomic mass is 10.1. The van der Waals surface area contributed by atoms with Gasteiger partial charge in [-0.15, -0.1) is 0 Å². The third kappa shape index (κ3) is 4.84. The van der Waals surface area contributed by atoms with E-state index in [1.807, 2.05) is 0 Å². The fourth-order valence-corrected chi connectivity index (χ4v) is 2.79. The highest BCUT2D eigenvalue weighted by Crippen LogP contribution is 2.17. The maximum atomic E-state index is 11.7. The van der Waals surface area contributed by atoms with Crippen molar-refractivity contribution in [2.45, 2.75) is 37.6 Å². The van der Waals surface area contributed by atoms with Gasteiger partial charge in [0.05, 0.1) is 17.3 Å². The Morgan fingerprint density at radius 1 is 1.21 bits per heavy atom. The third-order valence-electron chi connectivity index (χ3n) is 2.97. The molecule has 0 aliphatic carbocycles. The molecule has 0 bridgehead atoms. The molecule has 0 aliphatic rings. The molecule has 1 aromatic rings. The van der Waals surface area contributed by atoms with E-state index in [-0.39, 0.29) is 11.8 Å². The highest BCUT2D eigenvalue weighted by atomic mass is 32.2. The van der Waals surface area contributed by atoms with E-state index in [2.05, 4.69) is 12.2 Å². The molecule has 1 unspecified atom stereocenters. The minimum absolute atomic E-state index is 0.127. The fourth-order valence-electron chi connectivity index (χ4n) is 1.91. The van der Waals surface area contributed by atoms with Gasteiger partial charge in [0.25, 0.3) is 0 Å². The molecule has 0 radical (unpaired) electrons.